The van der Waals surface area contributed by atoms with E-state index in [-0.39, 0.29) is 5.84 Å². The van der Waals surface area contributed by atoms with Gasteiger partial charge in [-0.25, -0.2) is 4.99 Å². The zero-order valence-electron chi connectivity index (χ0n) is 9.60. The first-order chi connectivity index (χ1) is 8.21. The largest absolute Gasteiger partial charge is 0.761 e. The van der Waals surface area contributed by atoms with Gasteiger partial charge in [0.05, 0.1) is 7.11 Å². The number of aliphatic imine (C=N–C) groups is 1. The van der Waals surface area contributed by atoms with E-state index in [2.05, 4.69) is 4.99 Å². The van der Waals surface area contributed by atoms with Crippen LogP contribution >= 0.6 is 0 Å². The first kappa shape index (κ1) is 13.0. The number of rotatable bonds is 4. The van der Waals surface area contributed by atoms with Gasteiger partial charge in [-0.1, -0.05) is 12.1 Å². The van der Waals surface area contributed by atoms with Gasteiger partial charge >= 0.3 is 0 Å². The molecule has 3 N–H and O–H groups in total. The van der Waals surface area contributed by atoms with Crippen molar-refractivity contribution in [1.29, 1.82) is 0 Å². The van der Waals surface area contributed by atoms with Gasteiger partial charge in [-0.3, -0.25) is 10.7 Å². The molecule has 0 fully saturated rings. The number of amidine groups is 1. The molecule has 0 saturated carbocycles. The van der Waals surface area contributed by atoms with E-state index in [1.54, 1.807) is 30.6 Å². The van der Waals surface area contributed by atoms with Crippen LogP contribution in [0.4, 0.5) is 5.69 Å². The van der Waals surface area contributed by atoms with Crippen LogP contribution in [0.15, 0.2) is 41.0 Å². The number of hydrogen-bond acceptors (Lipinski definition) is 5. The van der Waals surface area contributed by atoms with Crippen molar-refractivity contribution in [2.45, 2.75) is 6.92 Å². The van der Waals surface area contributed by atoms with Gasteiger partial charge < -0.3 is 15.4 Å². The Kier molecular flexibility index (Phi) is 4.99. The minimum atomic E-state index is 0.135. The highest BCUT2D eigenvalue weighted by Gasteiger charge is 2.01. The molecule has 1 aromatic rings. The Hall–Kier alpha value is -2.05. The zero-order valence-corrected chi connectivity index (χ0v) is 9.60. The lowest BCUT2D eigenvalue weighted by atomic mass is 10.3. The van der Waals surface area contributed by atoms with Crippen LogP contribution in [-0.4, -0.2) is 18.2 Å². The third kappa shape index (κ3) is 3.78. The first-order valence-electron chi connectivity index (χ1n) is 4.89. The van der Waals surface area contributed by atoms with Crippen LogP contribution in [0.3, 0.4) is 0 Å². The Morgan fingerprint density at radius 2 is 2.18 bits per heavy atom. The summed E-state index contributed by atoms with van der Waals surface area (Å²) in [6.45, 7) is 1.56. The molecule has 0 radical (unpaired) electrons. The Morgan fingerprint density at radius 3 is 2.76 bits per heavy atom. The van der Waals surface area contributed by atoms with Crippen molar-refractivity contribution >= 4 is 11.5 Å². The van der Waals surface area contributed by atoms with Crippen molar-refractivity contribution in [2.75, 3.05) is 7.11 Å². The van der Waals surface area contributed by atoms with Crippen molar-refractivity contribution < 1.29 is 9.94 Å². The Balaban J connectivity index is 3.06. The Morgan fingerprint density at radius 1 is 1.47 bits per heavy atom. The average molecular weight is 236 g/mol. The van der Waals surface area contributed by atoms with E-state index in [9.17, 15) is 5.21 Å². The summed E-state index contributed by atoms with van der Waals surface area (Å²) in [5.41, 5.74) is 4.46. The number of methoxy groups -OCH3 is 1. The standard InChI is InChI=1S/C11H14N3O3/c1-8(13-15)7-11(14-16)12-9-5-3-4-6-10(9)17-2/h3-7,13,16H,1-2H3,(H,12,14)/q-1. The molecule has 1 rings (SSSR count). The van der Waals surface area contributed by atoms with Gasteiger partial charge in [0.1, 0.15) is 11.4 Å². The number of benzene rings is 1. The summed E-state index contributed by atoms with van der Waals surface area (Å²) in [6.07, 6.45) is 1.37. The van der Waals surface area contributed by atoms with E-state index >= 15 is 0 Å². The van der Waals surface area contributed by atoms with Gasteiger partial charge in [-0.05, 0) is 19.1 Å². The quantitative estimate of drug-likeness (QED) is 0.420. The molecule has 0 aliphatic carbocycles. The molecule has 6 heteroatoms. The molecule has 0 amide bonds. The third-order valence-corrected chi connectivity index (χ3v) is 1.95. The lowest BCUT2D eigenvalue weighted by molar-refractivity contribution is 0.235. The highest BCUT2D eigenvalue weighted by molar-refractivity contribution is 5.94. The number of hydroxylamine groups is 2. The second-order valence-corrected chi connectivity index (χ2v) is 3.21. The summed E-state index contributed by atoms with van der Waals surface area (Å²) in [6, 6.07) is 7.07. The fraction of sp³-hybridized carbons (Fsp3) is 0.182. The number of nitrogens with one attached hydrogen (secondary N) is 2. The highest BCUT2D eigenvalue weighted by Crippen LogP contribution is 2.26. The SMILES string of the molecule is COc1ccccc1N=C(C=C(C)N[O-])NO. The summed E-state index contributed by atoms with van der Waals surface area (Å²) >= 11 is 0. The molecule has 17 heavy (non-hydrogen) atoms. The fourth-order valence-electron chi connectivity index (χ4n) is 1.18. The Bertz CT molecular complexity index is 430. The molecule has 1 aromatic carbocycles. The molecular formula is C11H14N3O3-. The molecule has 0 spiro atoms. The van der Waals surface area contributed by atoms with E-state index in [1.807, 2.05) is 11.5 Å². The second kappa shape index (κ2) is 6.51. The van der Waals surface area contributed by atoms with Crippen molar-refractivity contribution in [3.8, 4) is 5.75 Å². The fourth-order valence-corrected chi connectivity index (χ4v) is 1.18. The molecular weight excluding hydrogens is 222 g/mol. The van der Waals surface area contributed by atoms with Crippen molar-refractivity contribution in [2.24, 2.45) is 4.99 Å². The van der Waals surface area contributed by atoms with E-state index in [0.29, 0.717) is 17.1 Å². The smallest absolute Gasteiger partial charge is 0.151 e. The predicted octanol–water partition coefficient (Wildman–Crippen LogP) is 1.70. The highest BCUT2D eigenvalue weighted by atomic mass is 16.5. The van der Waals surface area contributed by atoms with Crippen LogP contribution in [0, 0.1) is 5.21 Å². The lowest BCUT2D eigenvalue weighted by Gasteiger charge is -2.10. The van der Waals surface area contributed by atoms with Gasteiger partial charge in [0.25, 0.3) is 0 Å². The monoisotopic (exact) mass is 236 g/mol. The molecule has 0 saturated heterocycles. The minimum absolute atomic E-state index is 0.135. The summed E-state index contributed by atoms with van der Waals surface area (Å²) in [4.78, 5) is 4.11. The van der Waals surface area contributed by atoms with Gasteiger partial charge in [0.2, 0.25) is 0 Å². The number of hydrogen-bond donors (Lipinski definition) is 3. The molecule has 6 nitrogen and oxygen atoms in total. The molecule has 0 aromatic heterocycles. The van der Waals surface area contributed by atoms with Crippen LogP contribution < -0.4 is 15.7 Å². The maximum absolute atomic E-state index is 10.3. The predicted molar refractivity (Wildman–Crippen MR) is 65.3 cm³/mol. The lowest BCUT2D eigenvalue weighted by Crippen LogP contribution is -2.18. The molecule has 0 heterocycles. The molecule has 0 atom stereocenters. The van der Waals surface area contributed by atoms with Crippen LogP contribution in [0.2, 0.25) is 0 Å². The van der Waals surface area contributed by atoms with Gasteiger partial charge in [0, 0.05) is 11.8 Å². The number of ether oxygens (including phenoxy) is 1. The van der Waals surface area contributed by atoms with Crippen molar-refractivity contribution in [3.05, 3.63) is 41.2 Å². The van der Waals surface area contributed by atoms with Gasteiger partial charge in [-0.15, -0.1) is 0 Å². The van der Waals surface area contributed by atoms with Crippen LogP contribution in [-0.2, 0) is 0 Å². The van der Waals surface area contributed by atoms with Crippen LogP contribution in [0.1, 0.15) is 6.92 Å². The second-order valence-electron chi connectivity index (χ2n) is 3.21. The minimum Gasteiger partial charge on any atom is -0.761 e. The van der Waals surface area contributed by atoms with Crippen molar-refractivity contribution in [3.63, 3.8) is 0 Å². The van der Waals surface area contributed by atoms with E-state index in [1.165, 1.54) is 13.2 Å². The van der Waals surface area contributed by atoms with Gasteiger partial charge in [-0.2, -0.15) is 0 Å². The zero-order chi connectivity index (χ0) is 12.7. The van der Waals surface area contributed by atoms with E-state index in [4.69, 9.17) is 9.94 Å². The summed E-state index contributed by atoms with van der Waals surface area (Å²) in [7, 11) is 1.53. The molecule has 92 valence electrons. The summed E-state index contributed by atoms with van der Waals surface area (Å²) < 4.78 is 5.11. The number of para-hydroxylation sites is 2. The third-order valence-electron chi connectivity index (χ3n) is 1.95. The van der Waals surface area contributed by atoms with E-state index < -0.39 is 0 Å². The Labute approximate surface area is 99.2 Å². The van der Waals surface area contributed by atoms with Crippen LogP contribution in [0.25, 0.3) is 0 Å². The van der Waals surface area contributed by atoms with Crippen LogP contribution in [0.5, 0.6) is 5.75 Å². The summed E-state index contributed by atoms with van der Waals surface area (Å²) in [5.74, 6) is 0.705. The average Bonchev–Trinajstić information content (AvgIpc) is 2.38. The molecule has 0 aliphatic rings. The molecule has 0 bridgehead atoms. The first-order valence-corrected chi connectivity index (χ1v) is 4.89. The maximum atomic E-state index is 10.3. The van der Waals surface area contributed by atoms with Gasteiger partial charge in [0.15, 0.2) is 5.84 Å². The number of nitrogens with zero attached hydrogens (tertiary/aromatic N) is 1. The van der Waals surface area contributed by atoms with Crippen molar-refractivity contribution in [1.82, 2.24) is 11.0 Å². The van der Waals surface area contributed by atoms with E-state index in [0.717, 1.165) is 0 Å². The normalized spacial score (nSPS) is 12.2. The molecule has 0 aliphatic heterocycles. The maximum Gasteiger partial charge on any atom is 0.151 e. The number of allylic oxidation sites excluding steroid dienone is 1. The molecule has 0 unspecified atom stereocenters. The summed E-state index contributed by atoms with van der Waals surface area (Å²) in [5, 5.41) is 19.2. The topological polar surface area (TPSA) is 88.9 Å².